The Labute approximate surface area is 120 Å². The molecule has 0 aromatic heterocycles. The summed E-state index contributed by atoms with van der Waals surface area (Å²) in [6.07, 6.45) is 0. The Hall–Kier alpha value is -1.81. The molecule has 19 heavy (non-hydrogen) atoms. The van der Waals surface area contributed by atoms with Crippen LogP contribution in [0.5, 0.6) is 5.75 Å². The quantitative estimate of drug-likeness (QED) is 0.878. The first-order valence-electron chi connectivity index (χ1n) is 5.85. The van der Waals surface area contributed by atoms with Gasteiger partial charge in [0.15, 0.2) is 0 Å². The van der Waals surface area contributed by atoms with Gasteiger partial charge in [0.05, 0.1) is 5.56 Å². The number of amides is 1. The first-order chi connectivity index (χ1) is 8.99. The van der Waals surface area contributed by atoms with Crippen LogP contribution in [0.4, 0.5) is 5.69 Å². The van der Waals surface area contributed by atoms with Crippen LogP contribution in [-0.2, 0) is 0 Å². The first kappa shape index (κ1) is 13.6. The number of carbonyl (C=O) groups excluding carboxylic acids is 1. The maximum absolute atomic E-state index is 12.2. The maximum Gasteiger partial charge on any atom is 0.256 e. The zero-order valence-electron chi connectivity index (χ0n) is 10.7. The summed E-state index contributed by atoms with van der Waals surface area (Å²) in [7, 11) is 0. The summed E-state index contributed by atoms with van der Waals surface area (Å²) in [5.41, 5.74) is 2.91. The van der Waals surface area contributed by atoms with Gasteiger partial charge in [0.1, 0.15) is 5.75 Å². The molecule has 0 unspecified atom stereocenters. The summed E-state index contributed by atoms with van der Waals surface area (Å²) in [6.45, 7) is 3.73. The van der Waals surface area contributed by atoms with Crippen LogP contribution in [0.2, 0.25) is 0 Å². The molecule has 1 amide bonds. The average Bonchev–Trinajstić information content (AvgIpc) is 2.37. The van der Waals surface area contributed by atoms with Gasteiger partial charge in [-0.05, 0) is 53.0 Å². The Balaban J connectivity index is 2.26. The zero-order valence-corrected chi connectivity index (χ0v) is 12.3. The lowest BCUT2D eigenvalue weighted by Gasteiger charge is -2.09. The van der Waals surface area contributed by atoms with Crippen LogP contribution in [0, 0.1) is 13.8 Å². The van der Waals surface area contributed by atoms with E-state index < -0.39 is 0 Å². The molecule has 2 N–H and O–H groups in total. The number of phenolic OH excluding ortho intramolecular Hbond substituents is 1. The standard InChI is InChI=1S/C15H14BrNO2/c1-9-6-7-11(8-13(9)18)17-15(19)12-5-3-4-10(2)14(12)16/h3-8,18H,1-2H3,(H,17,19). The average molecular weight is 320 g/mol. The number of carbonyl (C=O) groups is 1. The van der Waals surface area contributed by atoms with Crippen molar-refractivity contribution in [2.45, 2.75) is 13.8 Å². The van der Waals surface area contributed by atoms with E-state index in [1.165, 1.54) is 6.07 Å². The van der Waals surface area contributed by atoms with Crippen molar-refractivity contribution in [1.82, 2.24) is 0 Å². The van der Waals surface area contributed by atoms with Gasteiger partial charge < -0.3 is 10.4 Å². The fraction of sp³-hybridized carbons (Fsp3) is 0.133. The highest BCUT2D eigenvalue weighted by Crippen LogP contribution is 2.24. The summed E-state index contributed by atoms with van der Waals surface area (Å²) in [6, 6.07) is 10.6. The van der Waals surface area contributed by atoms with Crippen LogP contribution < -0.4 is 5.32 Å². The van der Waals surface area contributed by atoms with E-state index in [4.69, 9.17) is 0 Å². The van der Waals surface area contributed by atoms with Gasteiger partial charge in [0.25, 0.3) is 5.91 Å². The van der Waals surface area contributed by atoms with Crippen LogP contribution >= 0.6 is 15.9 Å². The van der Waals surface area contributed by atoms with E-state index in [9.17, 15) is 9.90 Å². The first-order valence-corrected chi connectivity index (χ1v) is 6.64. The number of anilines is 1. The Morgan fingerprint density at radius 3 is 2.58 bits per heavy atom. The van der Waals surface area contributed by atoms with E-state index in [1.807, 2.05) is 19.1 Å². The number of hydrogen-bond donors (Lipinski definition) is 2. The van der Waals surface area contributed by atoms with Crippen LogP contribution in [0.25, 0.3) is 0 Å². The van der Waals surface area contributed by atoms with Gasteiger partial charge in [0, 0.05) is 16.2 Å². The van der Waals surface area contributed by atoms with Crippen molar-refractivity contribution in [1.29, 1.82) is 0 Å². The Bertz CT molecular complexity index is 638. The molecule has 2 aromatic rings. The van der Waals surface area contributed by atoms with Gasteiger partial charge >= 0.3 is 0 Å². The van der Waals surface area contributed by atoms with Crippen molar-refractivity contribution >= 4 is 27.5 Å². The molecule has 3 nitrogen and oxygen atoms in total. The van der Waals surface area contributed by atoms with E-state index >= 15 is 0 Å². The largest absolute Gasteiger partial charge is 0.508 e. The van der Waals surface area contributed by atoms with E-state index in [2.05, 4.69) is 21.2 Å². The Morgan fingerprint density at radius 2 is 1.89 bits per heavy atom. The Kier molecular flexibility index (Phi) is 3.90. The summed E-state index contributed by atoms with van der Waals surface area (Å²) in [5.74, 6) is -0.0417. The highest BCUT2D eigenvalue weighted by Gasteiger charge is 2.11. The lowest BCUT2D eigenvalue weighted by Crippen LogP contribution is -2.12. The molecule has 0 aliphatic rings. The van der Waals surface area contributed by atoms with Crippen molar-refractivity contribution < 1.29 is 9.90 Å². The second-order valence-corrected chi connectivity index (χ2v) is 5.18. The van der Waals surface area contributed by atoms with E-state index in [1.54, 1.807) is 25.1 Å². The molecule has 0 saturated heterocycles. The lowest BCUT2D eigenvalue weighted by molar-refractivity contribution is 0.102. The molecule has 0 bridgehead atoms. The van der Waals surface area contributed by atoms with Gasteiger partial charge in [0.2, 0.25) is 0 Å². The normalized spacial score (nSPS) is 10.3. The minimum Gasteiger partial charge on any atom is -0.508 e. The van der Waals surface area contributed by atoms with Crippen LogP contribution in [-0.4, -0.2) is 11.0 Å². The van der Waals surface area contributed by atoms with Crippen LogP contribution in [0.3, 0.4) is 0 Å². The Morgan fingerprint density at radius 1 is 1.16 bits per heavy atom. The maximum atomic E-state index is 12.2. The highest BCUT2D eigenvalue weighted by atomic mass is 79.9. The number of aryl methyl sites for hydroxylation is 2. The number of phenols is 1. The van der Waals surface area contributed by atoms with Crippen molar-refractivity contribution in [3.63, 3.8) is 0 Å². The predicted molar refractivity (Wildman–Crippen MR) is 79.7 cm³/mol. The summed E-state index contributed by atoms with van der Waals surface area (Å²) in [5, 5.41) is 12.4. The highest BCUT2D eigenvalue weighted by molar-refractivity contribution is 9.10. The van der Waals surface area contributed by atoms with Crippen molar-refractivity contribution in [2.75, 3.05) is 5.32 Å². The fourth-order valence-electron chi connectivity index (χ4n) is 1.71. The lowest BCUT2D eigenvalue weighted by atomic mass is 10.1. The number of hydrogen-bond acceptors (Lipinski definition) is 2. The third kappa shape index (κ3) is 2.96. The fourth-order valence-corrected chi connectivity index (χ4v) is 2.15. The van der Waals surface area contributed by atoms with Crippen molar-refractivity contribution in [3.05, 3.63) is 57.6 Å². The van der Waals surface area contributed by atoms with Gasteiger partial charge in [-0.25, -0.2) is 0 Å². The number of aromatic hydroxyl groups is 1. The molecule has 0 saturated carbocycles. The molecule has 2 rings (SSSR count). The summed E-state index contributed by atoms with van der Waals surface area (Å²) in [4.78, 5) is 12.2. The molecule has 0 aliphatic heterocycles. The van der Waals surface area contributed by atoms with Crippen molar-refractivity contribution in [2.24, 2.45) is 0 Å². The summed E-state index contributed by atoms with van der Waals surface area (Å²) < 4.78 is 0.781. The van der Waals surface area contributed by atoms with Gasteiger partial charge in [-0.1, -0.05) is 18.2 Å². The molecule has 0 fully saturated rings. The van der Waals surface area contributed by atoms with E-state index in [0.717, 1.165) is 15.6 Å². The van der Waals surface area contributed by atoms with E-state index in [-0.39, 0.29) is 11.7 Å². The number of nitrogens with one attached hydrogen (secondary N) is 1. The molecule has 4 heteroatoms. The molecule has 0 radical (unpaired) electrons. The van der Waals surface area contributed by atoms with E-state index in [0.29, 0.717) is 11.3 Å². The molecule has 0 aliphatic carbocycles. The molecule has 0 atom stereocenters. The van der Waals surface area contributed by atoms with Crippen molar-refractivity contribution in [3.8, 4) is 5.75 Å². The summed E-state index contributed by atoms with van der Waals surface area (Å²) >= 11 is 3.41. The molecular formula is C15H14BrNO2. The number of rotatable bonds is 2. The predicted octanol–water partition coefficient (Wildman–Crippen LogP) is 4.02. The zero-order chi connectivity index (χ0) is 14.0. The molecule has 0 spiro atoms. The minimum absolute atomic E-state index is 0.168. The SMILES string of the molecule is Cc1ccc(NC(=O)c2cccc(C)c2Br)cc1O. The van der Waals surface area contributed by atoms with Crippen LogP contribution in [0.15, 0.2) is 40.9 Å². The molecule has 2 aromatic carbocycles. The number of halogens is 1. The second kappa shape index (κ2) is 5.45. The molecule has 0 heterocycles. The van der Waals surface area contributed by atoms with Gasteiger partial charge in [-0.3, -0.25) is 4.79 Å². The monoisotopic (exact) mass is 319 g/mol. The molecular weight excluding hydrogens is 306 g/mol. The van der Waals surface area contributed by atoms with Gasteiger partial charge in [-0.2, -0.15) is 0 Å². The topological polar surface area (TPSA) is 49.3 Å². The third-order valence-corrected chi connectivity index (χ3v) is 3.96. The smallest absolute Gasteiger partial charge is 0.256 e. The molecule has 98 valence electrons. The second-order valence-electron chi connectivity index (χ2n) is 4.39. The number of benzene rings is 2. The van der Waals surface area contributed by atoms with Gasteiger partial charge in [-0.15, -0.1) is 0 Å². The minimum atomic E-state index is -0.209. The third-order valence-electron chi connectivity index (χ3n) is 2.90. The van der Waals surface area contributed by atoms with Crippen LogP contribution in [0.1, 0.15) is 21.5 Å².